The minimum absolute atomic E-state index is 0.0329. The molecule has 4 aromatic carbocycles. The van der Waals surface area contributed by atoms with E-state index in [1.165, 1.54) is 23.6 Å². The van der Waals surface area contributed by atoms with E-state index in [0.29, 0.717) is 21.6 Å². The van der Waals surface area contributed by atoms with Crippen molar-refractivity contribution in [3.63, 3.8) is 0 Å². The molecule has 10 nitrogen and oxygen atoms in total. The average molecular weight is 1040 g/mol. The van der Waals surface area contributed by atoms with Gasteiger partial charge in [0.1, 0.15) is 0 Å². The summed E-state index contributed by atoms with van der Waals surface area (Å²) in [5.74, 6) is 0.775. The second-order valence-electron chi connectivity index (χ2n) is 21.3. The van der Waals surface area contributed by atoms with E-state index in [4.69, 9.17) is 0 Å². The molecule has 6 aliphatic rings. The van der Waals surface area contributed by atoms with Crippen LogP contribution in [-0.4, -0.2) is 151 Å². The molecule has 392 valence electrons. The fraction of sp³-hybridized carbons (Fsp3) is 0.556. The highest BCUT2D eigenvalue weighted by Crippen LogP contribution is 2.44. The smallest absolute Gasteiger partial charge is 0.368 e. The zero-order valence-corrected chi connectivity index (χ0v) is 42.8. The van der Waals surface area contributed by atoms with Crippen molar-refractivity contribution in [1.82, 2.24) is 19.6 Å². The van der Waals surface area contributed by atoms with E-state index in [2.05, 4.69) is 43.9 Å². The first-order valence-corrected chi connectivity index (χ1v) is 29.2. The molecule has 8 atom stereocenters. The molecule has 0 aliphatic carbocycles. The van der Waals surface area contributed by atoms with Gasteiger partial charge in [-0.15, -0.1) is 0 Å². The van der Waals surface area contributed by atoms with Gasteiger partial charge in [-0.1, -0.05) is 72.8 Å². The molecule has 72 heavy (non-hydrogen) atoms. The number of rotatable bonds is 12. The SMILES string of the molecule is CS(=O)(=O)c1cccc(N2CCN(CC3C[C@H]4CC[C@@H](C3)N4CC(F)(F)F)[C@@H](c3ccccc3)C2)c1.CS(=O)(=O)c1cccc(N2CCN(CC3C[C@H]4CC[C@@H](C3)N4CC(F)(F)F)[C@H](c3ccccc3)C2)c1. The number of anilines is 2. The molecule has 4 aromatic rings. The van der Waals surface area contributed by atoms with Gasteiger partial charge in [0.05, 0.1) is 35.0 Å². The first-order valence-electron chi connectivity index (χ1n) is 25.5. The standard InChI is InChI=1S/2C27H34F3N3O2S/c2*1-36(34,35)25-9-5-8-22(16-25)31-12-13-32(26(18-31)21-6-3-2-4-7-21)17-20-14-23-10-11-24(15-20)33(23)19-27(28,29)30/h2*2-9,16,20,23-24,26H,10-15,17-19H2,1H3/t2*20?,23-,24+,26-/m10/s1. The highest BCUT2D eigenvalue weighted by Gasteiger charge is 2.48. The second kappa shape index (κ2) is 21.6. The van der Waals surface area contributed by atoms with Crippen LogP contribution in [0.15, 0.2) is 119 Å². The van der Waals surface area contributed by atoms with Crippen LogP contribution in [0.4, 0.5) is 37.7 Å². The molecule has 6 saturated heterocycles. The minimum Gasteiger partial charge on any atom is -0.368 e. The second-order valence-corrected chi connectivity index (χ2v) is 25.3. The molecular weight excluding hydrogens is 975 g/mol. The third kappa shape index (κ3) is 13.0. The molecule has 6 heterocycles. The molecular formula is C54H68F6N6O4S2. The number of nitrogens with zero attached hydrogens (tertiary/aromatic N) is 6. The molecule has 2 unspecified atom stereocenters. The lowest BCUT2D eigenvalue weighted by Gasteiger charge is -2.46. The Kier molecular flexibility index (Phi) is 15.8. The van der Waals surface area contributed by atoms with Gasteiger partial charge >= 0.3 is 12.4 Å². The van der Waals surface area contributed by atoms with Crippen LogP contribution >= 0.6 is 0 Å². The van der Waals surface area contributed by atoms with Crippen LogP contribution in [0.1, 0.15) is 74.6 Å². The summed E-state index contributed by atoms with van der Waals surface area (Å²) in [6, 6.07) is 35.3. The van der Waals surface area contributed by atoms with Crippen molar-refractivity contribution < 1.29 is 43.2 Å². The summed E-state index contributed by atoms with van der Waals surface area (Å²) in [5.41, 5.74) is 4.21. The third-order valence-electron chi connectivity index (χ3n) is 16.2. The monoisotopic (exact) mass is 1040 g/mol. The topological polar surface area (TPSA) is 87.7 Å². The van der Waals surface area contributed by atoms with Crippen LogP contribution in [0, 0.1) is 11.8 Å². The third-order valence-corrected chi connectivity index (χ3v) is 18.5. The molecule has 4 bridgehead atoms. The van der Waals surface area contributed by atoms with Crippen LogP contribution in [-0.2, 0) is 19.7 Å². The number of alkyl halides is 6. The lowest BCUT2D eigenvalue weighted by Crippen LogP contribution is -2.52. The first-order chi connectivity index (χ1) is 34.1. The van der Waals surface area contributed by atoms with Crippen LogP contribution in [0.3, 0.4) is 0 Å². The molecule has 0 spiro atoms. The Hall–Kier alpha value is -4.20. The van der Waals surface area contributed by atoms with Crippen LogP contribution < -0.4 is 9.80 Å². The van der Waals surface area contributed by atoms with Crippen molar-refractivity contribution in [3.8, 4) is 0 Å². The fourth-order valence-corrected chi connectivity index (χ4v) is 14.3. The van der Waals surface area contributed by atoms with E-state index < -0.39 is 45.1 Å². The summed E-state index contributed by atoms with van der Waals surface area (Å²) in [7, 11) is -6.58. The van der Waals surface area contributed by atoms with E-state index >= 15 is 0 Å². The van der Waals surface area contributed by atoms with Crippen LogP contribution in [0.25, 0.3) is 0 Å². The normalized spacial score (nSPS) is 27.9. The molecule has 0 aromatic heterocycles. The van der Waals surface area contributed by atoms with Gasteiger partial charge in [-0.25, -0.2) is 16.8 Å². The maximum atomic E-state index is 13.1. The van der Waals surface area contributed by atoms with Gasteiger partial charge in [-0.2, -0.15) is 26.3 Å². The van der Waals surface area contributed by atoms with Gasteiger partial charge < -0.3 is 9.80 Å². The van der Waals surface area contributed by atoms with E-state index in [9.17, 15) is 43.2 Å². The quantitative estimate of drug-likeness (QED) is 0.128. The molecule has 18 heteroatoms. The maximum absolute atomic E-state index is 13.1. The Balaban J connectivity index is 0.000000178. The highest BCUT2D eigenvalue weighted by atomic mass is 32.2. The van der Waals surface area contributed by atoms with Gasteiger partial charge in [-0.05, 0) is 111 Å². The van der Waals surface area contributed by atoms with Crippen LogP contribution in [0.5, 0.6) is 0 Å². The van der Waals surface area contributed by atoms with Crippen LogP contribution in [0.2, 0.25) is 0 Å². The van der Waals surface area contributed by atoms with Gasteiger partial charge in [-0.3, -0.25) is 19.6 Å². The average Bonchev–Trinajstić information content (AvgIpc) is 3.68. The Morgan fingerprint density at radius 3 is 1.14 bits per heavy atom. The molecule has 0 N–H and O–H groups in total. The molecule has 0 radical (unpaired) electrons. The van der Waals surface area contributed by atoms with E-state index in [1.54, 1.807) is 46.2 Å². The van der Waals surface area contributed by atoms with E-state index in [0.717, 1.165) is 115 Å². The van der Waals surface area contributed by atoms with Gasteiger partial charge in [0, 0.05) is 100 Å². The molecule has 6 fully saturated rings. The zero-order chi connectivity index (χ0) is 51.0. The summed E-state index contributed by atoms with van der Waals surface area (Å²) in [4.78, 5) is 13.5. The summed E-state index contributed by atoms with van der Waals surface area (Å²) >= 11 is 0. The number of hydrogen-bond donors (Lipinski definition) is 0. The Morgan fingerprint density at radius 2 is 0.819 bits per heavy atom. The number of hydrogen-bond acceptors (Lipinski definition) is 10. The summed E-state index contributed by atoms with van der Waals surface area (Å²) < 4.78 is 127. The minimum atomic E-state index is -4.14. The number of fused-ring (bicyclic) bond motifs is 4. The van der Waals surface area contributed by atoms with E-state index in [1.807, 2.05) is 48.5 Å². The molecule has 10 rings (SSSR count). The fourth-order valence-electron chi connectivity index (χ4n) is 13.0. The van der Waals surface area contributed by atoms with Crippen molar-refractivity contribution in [3.05, 3.63) is 120 Å². The Labute approximate surface area is 421 Å². The predicted octanol–water partition coefficient (Wildman–Crippen LogP) is 9.52. The lowest BCUT2D eigenvalue weighted by atomic mass is 9.89. The summed E-state index contributed by atoms with van der Waals surface area (Å²) in [6.07, 6.45) is 0.924. The summed E-state index contributed by atoms with van der Waals surface area (Å²) in [6.45, 7) is 4.84. The van der Waals surface area contributed by atoms with Gasteiger partial charge in [0.2, 0.25) is 0 Å². The van der Waals surface area contributed by atoms with Gasteiger partial charge in [0.15, 0.2) is 19.7 Å². The number of piperidine rings is 2. The Morgan fingerprint density at radius 1 is 0.472 bits per heavy atom. The predicted molar refractivity (Wildman–Crippen MR) is 270 cm³/mol. The number of halogens is 6. The zero-order valence-electron chi connectivity index (χ0n) is 41.1. The van der Waals surface area contributed by atoms with Crippen molar-refractivity contribution in [2.45, 2.75) is 110 Å². The number of piperazine rings is 2. The molecule has 0 saturated carbocycles. The highest BCUT2D eigenvalue weighted by molar-refractivity contribution is 7.91. The lowest BCUT2D eigenvalue weighted by molar-refractivity contribution is -0.157. The maximum Gasteiger partial charge on any atom is 0.401 e. The van der Waals surface area contributed by atoms with Crippen molar-refractivity contribution in [2.75, 3.05) is 87.8 Å². The largest absolute Gasteiger partial charge is 0.401 e. The van der Waals surface area contributed by atoms with Crippen molar-refractivity contribution in [1.29, 1.82) is 0 Å². The first kappa shape index (κ1) is 52.7. The van der Waals surface area contributed by atoms with Crippen molar-refractivity contribution >= 4 is 31.0 Å². The van der Waals surface area contributed by atoms with Gasteiger partial charge in [0.25, 0.3) is 0 Å². The molecule has 6 aliphatic heterocycles. The summed E-state index contributed by atoms with van der Waals surface area (Å²) in [5, 5.41) is 0. The number of benzene rings is 4. The number of sulfone groups is 2. The Bertz CT molecular complexity index is 2470. The van der Waals surface area contributed by atoms with Crippen molar-refractivity contribution in [2.24, 2.45) is 11.8 Å². The van der Waals surface area contributed by atoms with E-state index in [-0.39, 0.29) is 36.3 Å². The molecule has 0 amide bonds.